The van der Waals surface area contributed by atoms with Crippen LogP contribution in [0.25, 0.3) is 0 Å². The highest BCUT2D eigenvalue weighted by Gasteiger charge is 2.53. The van der Waals surface area contributed by atoms with Crippen LogP contribution < -0.4 is 10.8 Å². The van der Waals surface area contributed by atoms with E-state index >= 15 is 0 Å². The first-order valence-corrected chi connectivity index (χ1v) is 23.2. The Morgan fingerprint density at radius 1 is 0.952 bits per heavy atom. The van der Waals surface area contributed by atoms with Crippen LogP contribution >= 0.6 is 45.8 Å². The van der Waals surface area contributed by atoms with E-state index in [0.29, 0.717) is 13.6 Å². The van der Waals surface area contributed by atoms with Crippen molar-refractivity contribution in [2.24, 2.45) is 11.3 Å². The van der Waals surface area contributed by atoms with E-state index in [1.54, 1.807) is 49.9 Å². The van der Waals surface area contributed by atoms with Gasteiger partial charge in [-0.05, 0) is 115 Å². The molecule has 4 aromatic rings. The lowest BCUT2D eigenvalue weighted by Gasteiger charge is -2.52. The van der Waals surface area contributed by atoms with Crippen molar-refractivity contribution in [1.29, 1.82) is 0 Å². The molecular formula is C44H49Cl2F3IN3O9S. The lowest BCUT2D eigenvalue weighted by Crippen LogP contribution is -2.59. The number of carbonyl (C=O) groups excluding carboxylic acids is 2. The van der Waals surface area contributed by atoms with E-state index < -0.39 is 86.9 Å². The molecule has 12 nitrogen and oxygen atoms in total. The van der Waals surface area contributed by atoms with E-state index in [0.717, 1.165) is 23.3 Å². The number of benzene rings is 4. The monoisotopic (exact) mass is 1050 g/mol. The second-order valence-electron chi connectivity index (χ2n) is 16.0. The van der Waals surface area contributed by atoms with Crippen molar-refractivity contribution in [2.75, 3.05) is 24.3 Å². The number of likely N-dealkylation sites (tertiary alicyclic amines) is 1. The molecule has 342 valence electrons. The highest BCUT2D eigenvalue weighted by atomic mass is 127. The summed E-state index contributed by atoms with van der Waals surface area (Å²) in [5, 5.41) is 30.4. The summed E-state index contributed by atoms with van der Waals surface area (Å²) in [5.41, 5.74) is 1.27. The Kier molecular flexibility index (Phi) is 18.3. The smallest absolute Gasteiger partial charge is 0.304 e. The van der Waals surface area contributed by atoms with Crippen molar-refractivity contribution in [2.45, 2.75) is 76.8 Å². The number of piperidine rings is 1. The number of carboxylic acid groups (broad SMARTS) is 1. The van der Waals surface area contributed by atoms with Crippen molar-refractivity contribution >= 4 is 84.8 Å². The second-order valence-corrected chi connectivity index (χ2v) is 20.7. The van der Waals surface area contributed by atoms with Crippen LogP contribution in [0.5, 0.6) is 0 Å². The Morgan fingerprint density at radius 2 is 1.62 bits per heavy atom. The average molecular weight is 1050 g/mol. The third kappa shape index (κ3) is 13.3. The second kappa shape index (κ2) is 22.3. The maximum Gasteiger partial charge on any atom is 0.304 e. The molecule has 5 rings (SSSR count). The molecule has 1 saturated heterocycles. The molecule has 5 N–H and O–H groups in total. The number of nitrogens with zero attached hydrogens (tertiary/aromatic N) is 1. The molecule has 0 saturated carbocycles. The molecule has 19 heteroatoms. The highest BCUT2D eigenvalue weighted by molar-refractivity contribution is 14.1. The summed E-state index contributed by atoms with van der Waals surface area (Å²) in [6.45, 7) is 7.71. The normalized spacial score (nSPS) is 18.7. The largest absolute Gasteiger partial charge is 0.481 e. The summed E-state index contributed by atoms with van der Waals surface area (Å²) < 4.78 is 68.6. The quantitative estimate of drug-likeness (QED) is 0.0537. The highest BCUT2D eigenvalue weighted by Crippen LogP contribution is 2.52. The molecule has 2 amide bonds. The van der Waals surface area contributed by atoms with Crippen molar-refractivity contribution in [3.8, 4) is 0 Å². The number of aliphatic carboxylic acids is 1. The third-order valence-electron chi connectivity index (χ3n) is 10.6. The van der Waals surface area contributed by atoms with E-state index in [1.807, 2.05) is 72.3 Å². The van der Waals surface area contributed by atoms with Crippen molar-refractivity contribution < 1.29 is 56.1 Å². The third-order valence-corrected chi connectivity index (χ3v) is 14.0. The van der Waals surface area contributed by atoms with Crippen molar-refractivity contribution in [3.63, 3.8) is 0 Å². The number of amides is 2. The van der Waals surface area contributed by atoms with Gasteiger partial charge in [0, 0.05) is 25.6 Å². The number of halogens is 6. The fourth-order valence-electron chi connectivity index (χ4n) is 7.17. The van der Waals surface area contributed by atoms with E-state index in [4.69, 9.17) is 33.4 Å². The number of aliphatic hydroxyl groups is 2. The van der Waals surface area contributed by atoms with Crippen LogP contribution in [-0.2, 0) is 24.3 Å². The van der Waals surface area contributed by atoms with Gasteiger partial charge in [0.1, 0.15) is 18.5 Å². The molecule has 0 unspecified atom stereocenters. The zero-order valence-electron chi connectivity index (χ0n) is 34.9. The van der Waals surface area contributed by atoms with Gasteiger partial charge in [-0.1, -0.05) is 68.2 Å². The van der Waals surface area contributed by atoms with E-state index in [1.165, 1.54) is 12.1 Å². The molecule has 0 radical (unpaired) electrons. The molecule has 1 heterocycles. The molecular weight excluding hydrogens is 1000 g/mol. The zero-order valence-corrected chi connectivity index (χ0v) is 39.4. The minimum absolute atomic E-state index is 0.152. The number of nitrogens with one attached hydrogen (secondary N) is 2. The van der Waals surface area contributed by atoms with Gasteiger partial charge in [-0.2, -0.15) is 0 Å². The summed E-state index contributed by atoms with van der Waals surface area (Å²) in [5.74, 6) is -6.46. The summed E-state index contributed by atoms with van der Waals surface area (Å²) >= 11 is 14.4. The molecule has 0 bridgehead atoms. The van der Waals surface area contributed by atoms with Crippen LogP contribution in [0.4, 0.5) is 24.5 Å². The number of hydroxylamine groups is 1. The number of aliphatic hydroxyl groups excluding tert-OH is 2. The Balaban J connectivity index is 0.000000294. The molecule has 63 heavy (non-hydrogen) atoms. The topological polar surface area (TPSA) is 183 Å². The number of hydrogen-bond donors (Lipinski definition) is 5. The van der Waals surface area contributed by atoms with Crippen LogP contribution in [0.15, 0.2) is 78.9 Å². The first-order valence-electron chi connectivity index (χ1n) is 19.7. The molecule has 1 fully saturated rings. The SMILES string of the molecule is CC(C)[C@@H](CS(=O)(=O)C(C)C)N1C(=O)[C@@](C)(CC(=O)O)C[C@H](c2cccc(Cl)c2)[C@H]1c1ccc(Cl)cc1.O=C(NOC[C@H](O)CO)c1ccc(F)c(F)c1Nc1ccc(I)cc1F. The lowest BCUT2D eigenvalue weighted by atomic mass is 9.66. The maximum absolute atomic E-state index is 14.3. The number of anilines is 2. The Hall–Kier alpha value is -3.98. The van der Waals surface area contributed by atoms with Crippen LogP contribution in [0.1, 0.15) is 80.9 Å². The van der Waals surface area contributed by atoms with Crippen LogP contribution in [0.3, 0.4) is 0 Å². The number of carboxylic acids is 1. The first-order chi connectivity index (χ1) is 29.5. The van der Waals surface area contributed by atoms with Crippen LogP contribution in [-0.4, -0.2) is 82.8 Å². The van der Waals surface area contributed by atoms with Crippen molar-refractivity contribution in [3.05, 3.63) is 127 Å². The van der Waals surface area contributed by atoms with Gasteiger partial charge in [0.25, 0.3) is 5.91 Å². The number of rotatable bonds is 16. The fourth-order valence-corrected chi connectivity index (χ4v) is 9.35. The summed E-state index contributed by atoms with van der Waals surface area (Å²) in [6.07, 6.45) is -1.32. The van der Waals surface area contributed by atoms with Gasteiger partial charge >= 0.3 is 5.97 Å². The van der Waals surface area contributed by atoms with Gasteiger partial charge in [0.05, 0.1) is 52.4 Å². The van der Waals surface area contributed by atoms with Gasteiger partial charge in [-0.3, -0.25) is 19.2 Å². The molecule has 1 aliphatic rings. The molecule has 0 aromatic heterocycles. The predicted octanol–water partition coefficient (Wildman–Crippen LogP) is 8.85. The Labute approximate surface area is 388 Å². The van der Waals surface area contributed by atoms with Gasteiger partial charge in [0.15, 0.2) is 21.5 Å². The lowest BCUT2D eigenvalue weighted by molar-refractivity contribution is -0.161. The van der Waals surface area contributed by atoms with Gasteiger partial charge in [0.2, 0.25) is 5.91 Å². The van der Waals surface area contributed by atoms with Gasteiger partial charge in [-0.25, -0.2) is 27.1 Å². The number of carbonyl (C=O) groups is 3. The molecule has 0 aliphatic carbocycles. The molecule has 1 aliphatic heterocycles. The maximum atomic E-state index is 14.3. The minimum atomic E-state index is -3.53. The molecule has 4 aromatic carbocycles. The van der Waals surface area contributed by atoms with Crippen molar-refractivity contribution in [1.82, 2.24) is 10.4 Å². The van der Waals surface area contributed by atoms with Gasteiger partial charge in [-0.15, -0.1) is 0 Å². The number of sulfone groups is 1. The standard InChI is InChI=1S/C28H35Cl2NO5S.C16H14F3IN2O4/c1-17(2)24(16-37(35,36)18(3)4)31-26(19-9-11-21(29)12-10-19)23(20-7-6-8-22(30)13-20)14-28(5,27(31)34)15-25(32)33;17-11-3-2-10(16(25)22-26-7-9(24)6-23)15(14(11)19)21-13-4-1-8(20)5-12(13)18/h6-13,17-18,23-24,26H,14-16H2,1-5H3,(H,32,33);1-5,9,21,23-24H,6-7H2,(H,22,25)/t23-,24-,26-,28-;9-/m11/s1. The predicted molar refractivity (Wildman–Crippen MR) is 243 cm³/mol. The summed E-state index contributed by atoms with van der Waals surface area (Å²) in [7, 11) is -3.53. The van der Waals surface area contributed by atoms with Crippen LogP contribution in [0, 0.1) is 32.4 Å². The molecule has 0 spiro atoms. The summed E-state index contributed by atoms with van der Waals surface area (Å²) in [4.78, 5) is 44.7. The zero-order chi connectivity index (χ0) is 47.0. The Morgan fingerprint density at radius 3 is 2.19 bits per heavy atom. The number of hydrogen-bond acceptors (Lipinski definition) is 9. The first kappa shape index (κ1) is 51.7. The average Bonchev–Trinajstić information content (AvgIpc) is 3.20. The van der Waals surface area contributed by atoms with Gasteiger partial charge < -0.3 is 25.5 Å². The van der Waals surface area contributed by atoms with E-state index in [-0.39, 0.29) is 47.6 Å². The Bertz CT molecular complexity index is 2380. The molecule has 5 atom stereocenters. The summed E-state index contributed by atoms with van der Waals surface area (Å²) in [6, 6.07) is 19.1. The fraction of sp³-hybridized carbons (Fsp3) is 0.386. The van der Waals surface area contributed by atoms with Crippen LogP contribution in [0.2, 0.25) is 10.0 Å². The van der Waals surface area contributed by atoms with E-state index in [2.05, 4.69) is 10.2 Å². The minimum Gasteiger partial charge on any atom is -0.481 e. The van der Waals surface area contributed by atoms with E-state index in [9.17, 15) is 41.1 Å².